The summed E-state index contributed by atoms with van der Waals surface area (Å²) in [7, 11) is 2.16. The Kier molecular flexibility index (Phi) is 11.1. The number of hydrogen-bond donors (Lipinski definition) is 0. The van der Waals surface area contributed by atoms with Gasteiger partial charge in [0.1, 0.15) is 0 Å². The molecule has 2 aromatic rings. The molecule has 0 aliphatic heterocycles. The molecule has 0 aromatic heterocycles. The van der Waals surface area contributed by atoms with Crippen molar-refractivity contribution in [3.63, 3.8) is 0 Å². The molecule has 0 spiro atoms. The molecule has 0 fully saturated rings. The number of likely N-dealkylation sites (N-methyl/N-ethyl adjacent to an activating group) is 1. The normalized spacial score (nSPS) is 18.3. The molecule has 0 radical (unpaired) electrons. The minimum Gasteiger partial charge on any atom is -0.374 e. The standard InChI is InChI=1S/C20H34N2.C12H10/c1-8-17-14-19(15-18(17)10-12-20(4,5)6)22(7)13-11-16(3)21-9-2;1-3-7-11(8-4-1)12-9-5-2-6-10-12/h9,11,13-14,18-19H,2,8,10,12,15H2,1,3-7H3;1-10H/b13-11-,21-16?;. The van der Waals surface area contributed by atoms with Gasteiger partial charge in [0.15, 0.2) is 0 Å². The highest BCUT2D eigenvalue weighted by atomic mass is 15.1. The number of allylic oxidation sites excluding steroid dienone is 2. The fourth-order valence-corrected chi connectivity index (χ4v) is 4.28. The summed E-state index contributed by atoms with van der Waals surface area (Å²) < 4.78 is 0. The average Bonchev–Trinajstić information content (AvgIpc) is 3.26. The zero-order valence-corrected chi connectivity index (χ0v) is 22.2. The van der Waals surface area contributed by atoms with E-state index in [1.54, 1.807) is 11.8 Å². The largest absolute Gasteiger partial charge is 0.374 e. The average molecular weight is 457 g/mol. The summed E-state index contributed by atoms with van der Waals surface area (Å²) in [6, 6.07) is 21.3. The van der Waals surface area contributed by atoms with Crippen LogP contribution in [0.15, 0.2) is 102 Å². The third kappa shape index (κ3) is 9.55. The van der Waals surface area contributed by atoms with Crippen molar-refractivity contribution in [2.24, 2.45) is 16.3 Å². The Bertz CT molecular complexity index is 908. The molecular formula is C32H44N2. The van der Waals surface area contributed by atoms with Crippen LogP contribution in [0.25, 0.3) is 11.1 Å². The van der Waals surface area contributed by atoms with Crippen LogP contribution >= 0.6 is 0 Å². The molecule has 182 valence electrons. The van der Waals surface area contributed by atoms with Crippen molar-refractivity contribution < 1.29 is 0 Å². The molecule has 2 aromatic carbocycles. The van der Waals surface area contributed by atoms with E-state index in [1.807, 2.05) is 19.1 Å². The van der Waals surface area contributed by atoms with E-state index in [9.17, 15) is 0 Å². The first kappa shape index (κ1) is 27.4. The van der Waals surface area contributed by atoms with Crippen LogP contribution in [0.1, 0.15) is 60.3 Å². The Morgan fingerprint density at radius 1 is 1.03 bits per heavy atom. The Balaban J connectivity index is 0.000000283. The van der Waals surface area contributed by atoms with Crippen molar-refractivity contribution in [3.05, 3.63) is 97.4 Å². The molecule has 0 saturated carbocycles. The number of rotatable bonds is 8. The highest BCUT2D eigenvalue weighted by Crippen LogP contribution is 2.36. The molecule has 1 aliphatic rings. The lowest BCUT2D eigenvalue weighted by Crippen LogP contribution is -2.24. The fraction of sp³-hybridized carbons (Fsp3) is 0.406. The number of hydrogen-bond acceptors (Lipinski definition) is 2. The Hall–Kier alpha value is -2.87. The second kappa shape index (κ2) is 13.7. The molecule has 2 heteroatoms. The minimum absolute atomic E-state index is 0.432. The summed E-state index contributed by atoms with van der Waals surface area (Å²) >= 11 is 0. The SMILES string of the molecule is C=CN=C(C)/C=C\N(C)C1C=C(CC)C(CCC(C)(C)C)C1.c1ccc(-c2ccccc2)cc1. The predicted octanol–water partition coefficient (Wildman–Crippen LogP) is 8.94. The first-order chi connectivity index (χ1) is 16.2. The number of benzene rings is 2. The van der Waals surface area contributed by atoms with Crippen LogP contribution in [0, 0.1) is 11.3 Å². The second-order valence-electron chi connectivity index (χ2n) is 10.4. The van der Waals surface area contributed by atoms with Gasteiger partial charge in [-0.15, -0.1) is 0 Å². The van der Waals surface area contributed by atoms with Gasteiger partial charge in [0.05, 0.1) is 0 Å². The van der Waals surface area contributed by atoms with Gasteiger partial charge in [-0.05, 0) is 61.1 Å². The van der Waals surface area contributed by atoms with E-state index in [1.165, 1.54) is 36.8 Å². The van der Waals surface area contributed by atoms with Gasteiger partial charge >= 0.3 is 0 Å². The summed E-state index contributed by atoms with van der Waals surface area (Å²) in [6.07, 6.45) is 13.3. The van der Waals surface area contributed by atoms with E-state index < -0.39 is 0 Å². The molecule has 0 saturated heterocycles. The smallest absolute Gasteiger partial charge is 0.0472 e. The highest BCUT2D eigenvalue weighted by Gasteiger charge is 2.27. The van der Waals surface area contributed by atoms with Crippen molar-refractivity contribution in [3.8, 4) is 11.1 Å². The van der Waals surface area contributed by atoms with Crippen LogP contribution in [0.4, 0.5) is 0 Å². The van der Waals surface area contributed by atoms with E-state index in [4.69, 9.17) is 0 Å². The predicted molar refractivity (Wildman–Crippen MR) is 151 cm³/mol. The summed E-state index contributed by atoms with van der Waals surface area (Å²) in [6.45, 7) is 14.9. The molecule has 2 unspecified atom stereocenters. The molecule has 2 nitrogen and oxygen atoms in total. The van der Waals surface area contributed by atoms with Gasteiger partial charge in [-0.2, -0.15) is 0 Å². The van der Waals surface area contributed by atoms with Crippen LogP contribution in [0.3, 0.4) is 0 Å². The van der Waals surface area contributed by atoms with Crippen molar-refractivity contribution >= 4 is 5.71 Å². The van der Waals surface area contributed by atoms with E-state index in [-0.39, 0.29) is 0 Å². The van der Waals surface area contributed by atoms with Gasteiger partial charge in [0.2, 0.25) is 0 Å². The summed E-state index contributed by atoms with van der Waals surface area (Å²) in [5.41, 5.74) is 5.62. The first-order valence-corrected chi connectivity index (χ1v) is 12.6. The molecule has 1 aliphatic carbocycles. The Morgan fingerprint density at radius 3 is 2.06 bits per heavy atom. The monoisotopic (exact) mass is 456 g/mol. The lowest BCUT2D eigenvalue weighted by molar-refractivity contribution is 0.305. The van der Waals surface area contributed by atoms with Gasteiger partial charge in [0, 0.05) is 31.2 Å². The van der Waals surface area contributed by atoms with Crippen LogP contribution in [0.2, 0.25) is 0 Å². The lowest BCUT2D eigenvalue weighted by atomic mass is 9.84. The Morgan fingerprint density at radius 2 is 1.59 bits per heavy atom. The van der Waals surface area contributed by atoms with Gasteiger partial charge < -0.3 is 4.90 Å². The quantitative estimate of drug-likeness (QED) is 0.286. The first-order valence-electron chi connectivity index (χ1n) is 12.6. The zero-order valence-electron chi connectivity index (χ0n) is 22.2. The van der Waals surface area contributed by atoms with Crippen LogP contribution in [-0.2, 0) is 0 Å². The third-order valence-electron chi connectivity index (χ3n) is 6.36. The zero-order chi connectivity index (χ0) is 25.0. The van der Waals surface area contributed by atoms with Crippen LogP contribution < -0.4 is 0 Å². The second-order valence-corrected chi connectivity index (χ2v) is 10.4. The topological polar surface area (TPSA) is 15.6 Å². The van der Waals surface area contributed by atoms with E-state index in [0.717, 1.165) is 11.6 Å². The molecule has 0 heterocycles. The maximum absolute atomic E-state index is 4.18. The van der Waals surface area contributed by atoms with Crippen molar-refractivity contribution in [1.29, 1.82) is 0 Å². The van der Waals surface area contributed by atoms with Crippen LogP contribution in [0.5, 0.6) is 0 Å². The molecular weight excluding hydrogens is 412 g/mol. The van der Waals surface area contributed by atoms with Crippen LogP contribution in [-0.4, -0.2) is 23.7 Å². The molecule has 0 amide bonds. The Labute approximate surface area is 208 Å². The van der Waals surface area contributed by atoms with E-state index >= 15 is 0 Å². The summed E-state index contributed by atoms with van der Waals surface area (Å²) in [4.78, 5) is 6.49. The van der Waals surface area contributed by atoms with Gasteiger partial charge in [-0.3, -0.25) is 4.99 Å². The summed E-state index contributed by atoms with van der Waals surface area (Å²) in [5, 5.41) is 0. The molecule has 3 rings (SSSR count). The number of nitrogens with zero attached hydrogens (tertiary/aromatic N) is 2. The molecule has 0 N–H and O–H groups in total. The number of aliphatic imine (C=N–C) groups is 1. The van der Waals surface area contributed by atoms with Crippen molar-refractivity contribution in [2.45, 2.75) is 66.3 Å². The van der Waals surface area contributed by atoms with Crippen molar-refractivity contribution in [2.75, 3.05) is 7.05 Å². The molecule has 34 heavy (non-hydrogen) atoms. The lowest BCUT2D eigenvalue weighted by Gasteiger charge is -2.24. The van der Waals surface area contributed by atoms with Crippen molar-refractivity contribution in [1.82, 2.24) is 4.90 Å². The fourth-order valence-electron chi connectivity index (χ4n) is 4.28. The summed E-state index contributed by atoms with van der Waals surface area (Å²) in [5.74, 6) is 0.757. The maximum Gasteiger partial charge on any atom is 0.0472 e. The molecule has 0 bridgehead atoms. The minimum atomic E-state index is 0.432. The highest BCUT2D eigenvalue weighted by molar-refractivity contribution is 5.93. The third-order valence-corrected chi connectivity index (χ3v) is 6.36. The van der Waals surface area contributed by atoms with Gasteiger partial charge in [-0.25, -0.2) is 0 Å². The van der Waals surface area contributed by atoms with E-state index in [2.05, 4.69) is 118 Å². The van der Waals surface area contributed by atoms with Gasteiger partial charge in [-0.1, -0.05) is 107 Å². The maximum atomic E-state index is 4.18. The van der Waals surface area contributed by atoms with E-state index in [0.29, 0.717) is 11.5 Å². The van der Waals surface area contributed by atoms with Gasteiger partial charge in [0.25, 0.3) is 0 Å². The molecule has 2 atom stereocenters.